The normalized spacial score (nSPS) is 17.8. The molecule has 0 saturated heterocycles. The summed E-state index contributed by atoms with van der Waals surface area (Å²) in [7, 11) is 0. The van der Waals surface area contributed by atoms with Crippen LogP contribution in [0.15, 0.2) is 58.7 Å². The molecule has 0 bridgehead atoms. The van der Waals surface area contributed by atoms with Gasteiger partial charge in [0.2, 0.25) is 0 Å². The number of nitrogens with zero attached hydrogens (tertiary/aromatic N) is 2. The van der Waals surface area contributed by atoms with E-state index in [9.17, 15) is 25.0 Å². The highest BCUT2D eigenvalue weighted by Crippen LogP contribution is 2.40. The largest absolute Gasteiger partial charge is 0.460 e. The molecule has 1 rings (SSSR count). The van der Waals surface area contributed by atoms with Crippen molar-refractivity contribution in [3.05, 3.63) is 79.0 Å². The van der Waals surface area contributed by atoms with E-state index in [2.05, 4.69) is 42.6 Å². The Morgan fingerprint density at radius 3 is 2.42 bits per heavy atom. The number of rotatable bonds is 12. The van der Waals surface area contributed by atoms with Crippen LogP contribution in [0.2, 0.25) is 0 Å². The Morgan fingerprint density at radius 1 is 1.12 bits per heavy atom. The van der Waals surface area contributed by atoms with Crippen molar-refractivity contribution >= 4 is 5.97 Å². The molecule has 0 aromatic carbocycles. The van der Waals surface area contributed by atoms with E-state index in [1.807, 2.05) is 13.0 Å². The molecule has 0 aliphatic heterocycles. The smallest absolute Gasteiger partial charge is 0.331 e. The van der Waals surface area contributed by atoms with Crippen molar-refractivity contribution in [2.45, 2.75) is 60.0 Å². The van der Waals surface area contributed by atoms with Gasteiger partial charge < -0.3 is 14.4 Å². The number of carbonyl (C=O) groups excluding carboxylic acids is 1. The average molecular weight is 465 g/mol. The van der Waals surface area contributed by atoms with Gasteiger partial charge in [0.05, 0.1) is 0 Å². The highest BCUT2D eigenvalue weighted by Gasteiger charge is 2.26. The van der Waals surface area contributed by atoms with Crippen LogP contribution >= 0.6 is 0 Å². The van der Waals surface area contributed by atoms with E-state index in [4.69, 9.17) is 4.74 Å². The first-order valence-electron chi connectivity index (χ1n) is 10.6. The number of esters is 1. The molecular formula is C23H32N2O8. The monoisotopic (exact) mass is 464 g/mol. The van der Waals surface area contributed by atoms with E-state index in [0.29, 0.717) is 5.57 Å². The summed E-state index contributed by atoms with van der Waals surface area (Å²) in [5.74, 6) is -0.766. The second kappa shape index (κ2) is 13.2. The van der Waals surface area contributed by atoms with Crippen molar-refractivity contribution in [1.82, 2.24) is 0 Å². The minimum atomic E-state index is -1.41. The molecule has 10 heteroatoms. The molecule has 0 amide bonds. The van der Waals surface area contributed by atoms with Gasteiger partial charge in [0.25, 0.3) is 10.2 Å². The minimum Gasteiger partial charge on any atom is -0.460 e. The van der Waals surface area contributed by atoms with Gasteiger partial charge in [-0.25, -0.2) is 4.79 Å². The Hall–Kier alpha value is -3.43. The number of ether oxygens (including phenoxy) is 1. The second-order valence-corrected chi connectivity index (χ2v) is 8.52. The lowest BCUT2D eigenvalue weighted by atomic mass is 9.72. The fourth-order valence-electron chi connectivity index (χ4n) is 3.46. The van der Waals surface area contributed by atoms with Crippen molar-refractivity contribution in [1.29, 1.82) is 0 Å². The molecule has 0 aromatic heterocycles. The van der Waals surface area contributed by atoms with Gasteiger partial charge in [-0.1, -0.05) is 55.4 Å². The van der Waals surface area contributed by atoms with Gasteiger partial charge in [0.1, 0.15) is 13.2 Å². The van der Waals surface area contributed by atoms with Crippen LogP contribution < -0.4 is 0 Å². The number of carbonyl (C=O) groups is 1. The number of allylic oxidation sites excluding steroid dienone is 9. The zero-order valence-corrected chi connectivity index (χ0v) is 19.7. The van der Waals surface area contributed by atoms with Crippen molar-refractivity contribution in [2.24, 2.45) is 5.41 Å². The topological polar surface area (TPSA) is 131 Å². The first kappa shape index (κ1) is 27.6. The Morgan fingerprint density at radius 2 is 1.82 bits per heavy atom. The first-order valence-corrected chi connectivity index (χ1v) is 10.6. The highest BCUT2D eigenvalue weighted by molar-refractivity contribution is 5.83. The van der Waals surface area contributed by atoms with Gasteiger partial charge in [-0.3, -0.25) is 0 Å². The van der Waals surface area contributed by atoms with Crippen LogP contribution in [0.5, 0.6) is 0 Å². The molecule has 0 fully saturated rings. The van der Waals surface area contributed by atoms with E-state index in [1.54, 1.807) is 19.1 Å². The molecular weight excluding hydrogens is 432 g/mol. The van der Waals surface area contributed by atoms with Crippen LogP contribution in [-0.4, -0.2) is 35.5 Å². The van der Waals surface area contributed by atoms with E-state index >= 15 is 0 Å². The molecule has 0 aromatic rings. The van der Waals surface area contributed by atoms with Gasteiger partial charge in [0, 0.05) is 6.08 Å². The molecule has 0 spiro atoms. The van der Waals surface area contributed by atoms with Crippen LogP contribution in [0.25, 0.3) is 0 Å². The maximum Gasteiger partial charge on any atom is 0.331 e. The van der Waals surface area contributed by atoms with Gasteiger partial charge in [-0.2, -0.15) is 0 Å². The molecule has 182 valence electrons. The zero-order valence-electron chi connectivity index (χ0n) is 19.7. The van der Waals surface area contributed by atoms with Crippen LogP contribution in [0.3, 0.4) is 0 Å². The third kappa shape index (κ3) is 11.1. The maximum absolute atomic E-state index is 11.9. The number of hydrogen-bond acceptors (Lipinski definition) is 8. The second-order valence-electron chi connectivity index (χ2n) is 8.52. The third-order valence-electron chi connectivity index (χ3n) is 5.13. The summed E-state index contributed by atoms with van der Waals surface area (Å²) < 4.78 is 4.86. The van der Waals surface area contributed by atoms with Crippen molar-refractivity contribution in [3.8, 4) is 0 Å². The third-order valence-corrected chi connectivity index (χ3v) is 5.13. The highest BCUT2D eigenvalue weighted by atomic mass is 17.0. The van der Waals surface area contributed by atoms with Crippen LogP contribution in [0, 0.1) is 25.6 Å². The zero-order chi connectivity index (χ0) is 25.0. The molecule has 0 unspecified atom stereocenters. The van der Waals surface area contributed by atoms with Crippen LogP contribution in [0.4, 0.5) is 0 Å². The molecule has 33 heavy (non-hydrogen) atoms. The Balaban J connectivity index is 2.64. The van der Waals surface area contributed by atoms with Gasteiger partial charge in [0.15, 0.2) is 6.10 Å². The molecule has 10 nitrogen and oxygen atoms in total. The maximum atomic E-state index is 11.9. The lowest BCUT2D eigenvalue weighted by Crippen LogP contribution is -2.30. The van der Waals surface area contributed by atoms with Crippen LogP contribution in [0.1, 0.15) is 53.9 Å². The summed E-state index contributed by atoms with van der Waals surface area (Å²) in [6.07, 6.45) is 13.0. The number of hydrogen-bond donors (Lipinski definition) is 0. The van der Waals surface area contributed by atoms with Gasteiger partial charge in [-0.15, -0.1) is 20.2 Å². The summed E-state index contributed by atoms with van der Waals surface area (Å²) in [5, 5.41) is 18.4. The lowest BCUT2D eigenvalue weighted by molar-refractivity contribution is -0.790. The van der Waals surface area contributed by atoms with Gasteiger partial charge in [-0.05, 0) is 56.6 Å². The summed E-state index contributed by atoms with van der Waals surface area (Å²) in [6.45, 7) is 9.09. The first-order chi connectivity index (χ1) is 15.4. The SMILES string of the molecule is CC1=C(/C=C/C(C)=C/C=C/C(C)=C/C(=O)OC[C@H](CO[N+](=O)[O-])O[N+](=O)[O-])C(C)(C)CCC1. The Kier molecular flexibility index (Phi) is 11.0. The fourth-order valence-corrected chi connectivity index (χ4v) is 3.46. The Bertz CT molecular complexity index is 881. The average Bonchev–Trinajstić information content (AvgIpc) is 2.68. The molecule has 0 saturated carbocycles. The van der Waals surface area contributed by atoms with Crippen LogP contribution in [-0.2, 0) is 19.2 Å². The van der Waals surface area contributed by atoms with E-state index in [1.165, 1.54) is 30.1 Å². The van der Waals surface area contributed by atoms with E-state index < -0.39 is 35.5 Å². The van der Waals surface area contributed by atoms with Crippen molar-refractivity contribution in [2.75, 3.05) is 13.2 Å². The summed E-state index contributed by atoms with van der Waals surface area (Å²) in [5.41, 5.74) is 4.63. The predicted molar refractivity (Wildman–Crippen MR) is 122 cm³/mol. The van der Waals surface area contributed by atoms with Gasteiger partial charge >= 0.3 is 5.97 Å². The fraction of sp³-hybridized carbons (Fsp3) is 0.522. The molecule has 1 atom stereocenters. The van der Waals surface area contributed by atoms with Crippen molar-refractivity contribution in [3.63, 3.8) is 0 Å². The Labute approximate surface area is 193 Å². The molecule has 1 aliphatic rings. The molecule has 0 N–H and O–H groups in total. The summed E-state index contributed by atoms with van der Waals surface area (Å²) >= 11 is 0. The lowest BCUT2D eigenvalue weighted by Gasteiger charge is -2.32. The van der Waals surface area contributed by atoms with E-state index in [0.717, 1.165) is 12.0 Å². The summed E-state index contributed by atoms with van der Waals surface area (Å²) in [4.78, 5) is 40.7. The predicted octanol–water partition coefficient (Wildman–Crippen LogP) is 4.85. The quantitative estimate of drug-likeness (QED) is 0.132. The van der Waals surface area contributed by atoms with Crippen molar-refractivity contribution < 1.29 is 29.4 Å². The molecule has 1 aliphatic carbocycles. The summed E-state index contributed by atoms with van der Waals surface area (Å²) in [6, 6.07) is 0. The standard InChI is InChI=1S/C23H32N2O8/c1-17(11-12-21-19(3)10-7-13-23(21,4)5)8-6-9-18(2)14-22(26)31-15-20(33-25(29)30)16-32-24(27)28/h6,8-9,11-12,14,20H,7,10,13,15-16H2,1-5H3/b9-6+,12-11+,17-8+,18-14+/t20-/m1/s1. The molecule has 0 radical (unpaired) electrons. The van der Waals surface area contributed by atoms with E-state index in [-0.39, 0.29) is 5.41 Å². The minimum absolute atomic E-state index is 0.174. The molecule has 0 heterocycles.